The monoisotopic (exact) mass is 403 g/mol. The van der Waals surface area contributed by atoms with E-state index in [9.17, 15) is 0 Å². The summed E-state index contributed by atoms with van der Waals surface area (Å²) in [5.74, 6) is 1.63. The van der Waals surface area contributed by atoms with Gasteiger partial charge in [0.1, 0.15) is 0 Å². The molecule has 4 rings (SSSR count). The molecule has 0 radical (unpaired) electrons. The van der Waals surface area contributed by atoms with Gasteiger partial charge in [-0.1, -0.05) is 30.3 Å². The standard InChI is InChI=1S/C23H29N7/c1-18-13-21(17-29(18)16-19-7-4-3-5-8-19)28-23(24-2)26-15-20-9-11-25-22(14-20)30-12-6-10-27-30/h3-12,14,18,21H,13,15-17H2,1-2H3,(H2,24,26,28). The topological polar surface area (TPSA) is 70.4 Å². The van der Waals surface area contributed by atoms with E-state index < -0.39 is 0 Å². The van der Waals surface area contributed by atoms with Gasteiger partial charge in [0.2, 0.25) is 0 Å². The molecule has 2 N–H and O–H groups in total. The number of nitrogens with zero attached hydrogens (tertiary/aromatic N) is 5. The van der Waals surface area contributed by atoms with Gasteiger partial charge in [-0.25, -0.2) is 9.67 Å². The highest BCUT2D eigenvalue weighted by molar-refractivity contribution is 5.80. The number of pyridine rings is 1. The summed E-state index contributed by atoms with van der Waals surface area (Å²) in [7, 11) is 1.82. The molecule has 2 aromatic heterocycles. The summed E-state index contributed by atoms with van der Waals surface area (Å²) in [5.41, 5.74) is 2.49. The van der Waals surface area contributed by atoms with E-state index >= 15 is 0 Å². The molecule has 0 amide bonds. The van der Waals surface area contributed by atoms with E-state index in [1.54, 1.807) is 10.9 Å². The van der Waals surface area contributed by atoms with Crippen molar-refractivity contribution < 1.29 is 0 Å². The molecule has 30 heavy (non-hydrogen) atoms. The van der Waals surface area contributed by atoms with Crippen LogP contribution >= 0.6 is 0 Å². The number of hydrogen-bond acceptors (Lipinski definition) is 4. The van der Waals surface area contributed by atoms with Crippen LogP contribution in [0.2, 0.25) is 0 Å². The Balaban J connectivity index is 1.31. The number of aliphatic imine (C=N–C) groups is 1. The minimum Gasteiger partial charge on any atom is -0.352 e. The van der Waals surface area contributed by atoms with Crippen LogP contribution in [0.15, 0.2) is 72.1 Å². The van der Waals surface area contributed by atoms with Crippen LogP contribution < -0.4 is 10.6 Å². The van der Waals surface area contributed by atoms with E-state index in [1.165, 1.54) is 5.56 Å². The molecule has 0 saturated carbocycles. The molecule has 3 aromatic rings. The summed E-state index contributed by atoms with van der Waals surface area (Å²) in [4.78, 5) is 11.3. The normalized spacial score (nSPS) is 19.7. The molecule has 156 valence electrons. The minimum atomic E-state index is 0.381. The van der Waals surface area contributed by atoms with E-state index in [0.29, 0.717) is 18.6 Å². The molecule has 0 spiro atoms. The van der Waals surface area contributed by atoms with Gasteiger partial charge in [0.25, 0.3) is 0 Å². The number of benzene rings is 1. The van der Waals surface area contributed by atoms with Crippen LogP contribution in [0.1, 0.15) is 24.5 Å². The fourth-order valence-corrected chi connectivity index (χ4v) is 3.92. The van der Waals surface area contributed by atoms with Gasteiger partial charge in [0.15, 0.2) is 11.8 Å². The zero-order valence-electron chi connectivity index (χ0n) is 17.6. The van der Waals surface area contributed by atoms with Crippen molar-refractivity contribution in [3.63, 3.8) is 0 Å². The predicted molar refractivity (Wildman–Crippen MR) is 119 cm³/mol. The van der Waals surface area contributed by atoms with Crippen LogP contribution in [0.4, 0.5) is 0 Å². The van der Waals surface area contributed by atoms with Crippen LogP contribution in [-0.4, -0.2) is 51.3 Å². The average molecular weight is 404 g/mol. The fourth-order valence-electron chi connectivity index (χ4n) is 3.92. The van der Waals surface area contributed by atoms with E-state index in [1.807, 2.05) is 37.6 Å². The number of guanidine groups is 1. The maximum Gasteiger partial charge on any atom is 0.191 e. The Kier molecular flexibility index (Phi) is 6.39. The molecule has 7 heteroatoms. The summed E-state index contributed by atoms with van der Waals surface area (Å²) >= 11 is 0. The van der Waals surface area contributed by atoms with Gasteiger partial charge in [0, 0.05) is 57.4 Å². The first-order chi connectivity index (χ1) is 14.7. The third-order valence-corrected chi connectivity index (χ3v) is 5.51. The second-order valence-corrected chi connectivity index (χ2v) is 7.74. The van der Waals surface area contributed by atoms with Gasteiger partial charge in [-0.3, -0.25) is 9.89 Å². The van der Waals surface area contributed by atoms with Crippen LogP contribution in [0.25, 0.3) is 5.82 Å². The van der Waals surface area contributed by atoms with Gasteiger partial charge in [-0.15, -0.1) is 0 Å². The minimum absolute atomic E-state index is 0.381. The van der Waals surface area contributed by atoms with Gasteiger partial charge in [-0.2, -0.15) is 5.10 Å². The molecule has 2 atom stereocenters. The second-order valence-electron chi connectivity index (χ2n) is 7.74. The predicted octanol–water partition coefficient (Wildman–Crippen LogP) is 2.60. The molecule has 1 saturated heterocycles. The number of likely N-dealkylation sites (tertiary alicyclic amines) is 1. The molecule has 0 aliphatic carbocycles. The maximum absolute atomic E-state index is 4.42. The molecule has 1 aromatic carbocycles. The molecular weight excluding hydrogens is 374 g/mol. The Hall–Kier alpha value is -3.19. The summed E-state index contributed by atoms with van der Waals surface area (Å²) in [5, 5.41) is 11.3. The van der Waals surface area contributed by atoms with Crippen molar-refractivity contribution in [2.45, 2.75) is 38.5 Å². The second kappa shape index (κ2) is 9.54. The van der Waals surface area contributed by atoms with Gasteiger partial charge in [-0.05, 0) is 42.7 Å². The van der Waals surface area contributed by atoms with E-state index in [2.05, 4.69) is 67.9 Å². The van der Waals surface area contributed by atoms with Gasteiger partial charge < -0.3 is 10.6 Å². The maximum atomic E-state index is 4.42. The largest absolute Gasteiger partial charge is 0.352 e. The summed E-state index contributed by atoms with van der Waals surface area (Å²) in [6, 6.07) is 17.5. The van der Waals surface area contributed by atoms with Crippen LogP contribution in [0.5, 0.6) is 0 Å². The van der Waals surface area contributed by atoms with Crippen LogP contribution in [-0.2, 0) is 13.1 Å². The summed E-state index contributed by atoms with van der Waals surface area (Å²) in [6.45, 7) is 4.97. The van der Waals surface area contributed by atoms with Crippen molar-refractivity contribution >= 4 is 5.96 Å². The van der Waals surface area contributed by atoms with Crippen molar-refractivity contribution in [1.82, 2.24) is 30.3 Å². The molecule has 7 nitrogen and oxygen atoms in total. The first-order valence-electron chi connectivity index (χ1n) is 10.4. The number of aromatic nitrogens is 3. The van der Waals surface area contributed by atoms with Crippen LogP contribution in [0.3, 0.4) is 0 Å². The average Bonchev–Trinajstić information content (AvgIpc) is 3.42. The van der Waals surface area contributed by atoms with Crippen molar-refractivity contribution in [3.05, 3.63) is 78.2 Å². The molecule has 0 bridgehead atoms. The quantitative estimate of drug-likeness (QED) is 0.489. The molecule has 2 unspecified atom stereocenters. The first-order valence-corrected chi connectivity index (χ1v) is 10.4. The Bertz CT molecular complexity index is 953. The molecular formula is C23H29N7. The third-order valence-electron chi connectivity index (χ3n) is 5.51. The lowest BCUT2D eigenvalue weighted by molar-refractivity contribution is 0.258. The Morgan fingerprint density at radius 1 is 1.13 bits per heavy atom. The Labute approximate surface area is 177 Å². The smallest absolute Gasteiger partial charge is 0.191 e. The van der Waals surface area contributed by atoms with Crippen LogP contribution in [0, 0.1) is 0 Å². The lowest BCUT2D eigenvalue weighted by Gasteiger charge is -2.21. The zero-order chi connectivity index (χ0) is 20.8. The summed E-state index contributed by atoms with van der Waals surface area (Å²) < 4.78 is 1.76. The van der Waals surface area contributed by atoms with Crippen molar-refractivity contribution in [3.8, 4) is 5.82 Å². The Morgan fingerprint density at radius 2 is 2.00 bits per heavy atom. The lowest BCUT2D eigenvalue weighted by atomic mass is 10.2. The van der Waals surface area contributed by atoms with Crippen molar-refractivity contribution in [2.75, 3.05) is 13.6 Å². The van der Waals surface area contributed by atoms with E-state index in [4.69, 9.17) is 0 Å². The van der Waals surface area contributed by atoms with Gasteiger partial charge >= 0.3 is 0 Å². The number of rotatable bonds is 6. The number of nitrogens with one attached hydrogen (secondary N) is 2. The van der Waals surface area contributed by atoms with Gasteiger partial charge in [0.05, 0.1) is 0 Å². The fraction of sp³-hybridized carbons (Fsp3) is 0.348. The molecule has 3 heterocycles. The van der Waals surface area contributed by atoms with E-state index in [-0.39, 0.29) is 0 Å². The first kappa shape index (κ1) is 20.1. The molecule has 1 fully saturated rings. The third kappa shape index (κ3) is 5.04. The van der Waals surface area contributed by atoms with Crippen molar-refractivity contribution in [2.24, 2.45) is 4.99 Å². The SMILES string of the molecule is CN=C(NCc1ccnc(-n2cccn2)c1)NC1CC(C)N(Cc2ccccc2)C1. The van der Waals surface area contributed by atoms with E-state index in [0.717, 1.165) is 36.9 Å². The Morgan fingerprint density at radius 3 is 2.77 bits per heavy atom. The lowest BCUT2D eigenvalue weighted by Crippen LogP contribution is -2.44. The number of hydrogen-bond donors (Lipinski definition) is 2. The highest BCUT2D eigenvalue weighted by Gasteiger charge is 2.29. The molecule has 1 aliphatic rings. The highest BCUT2D eigenvalue weighted by Crippen LogP contribution is 2.20. The summed E-state index contributed by atoms with van der Waals surface area (Å²) in [6.07, 6.45) is 6.56. The molecule has 1 aliphatic heterocycles. The highest BCUT2D eigenvalue weighted by atomic mass is 15.3. The van der Waals surface area contributed by atoms with Crippen molar-refractivity contribution in [1.29, 1.82) is 0 Å². The zero-order valence-corrected chi connectivity index (χ0v) is 17.6.